The van der Waals surface area contributed by atoms with Gasteiger partial charge < -0.3 is 14.6 Å². The molecule has 2 atom stereocenters. The summed E-state index contributed by atoms with van der Waals surface area (Å²) in [7, 11) is 3.16. The van der Waals surface area contributed by atoms with Gasteiger partial charge in [0.05, 0.1) is 10.0 Å². The first-order chi connectivity index (χ1) is 14.4. The van der Waals surface area contributed by atoms with E-state index in [9.17, 15) is 5.02 Å². The van der Waals surface area contributed by atoms with Gasteiger partial charge in [0.2, 0.25) is 0 Å². The van der Waals surface area contributed by atoms with Crippen molar-refractivity contribution in [1.29, 1.82) is 0 Å². The van der Waals surface area contributed by atoms with Crippen LogP contribution in [0.4, 0.5) is 0 Å². The molecule has 0 unspecified atom stereocenters. The summed E-state index contributed by atoms with van der Waals surface area (Å²) < 4.78 is 5.09. The van der Waals surface area contributed by atoms with Crippen LogP contribution in [0.25, 0.3) is 0 Å². The molecule has 6 heteroatoms. The summed E-state index contributed by atoms with van der Waals surface area (Å²) in [5, 5.41) is 11.3. The Morgan fingerprint density at radius 1 is 1.13 bits per heavy atom. The Kier molecular flexibility index (Phi) is 8.28. The van der Waals surface area contributed by atoms with Crippen LogP contribution in [0.5, 0.6) is 0 Å². The van der Waals surface area contributed by atoms with Crippen LogP contribution in [0.15, 0.2) is 36.4 Å². The Balaban J connectivity index is 1.97. The highest BCUT2D eigenvalue weighted by Crippen LogP contribution is 2.44. The summed E-state index contributed by atoms with van der Waals surface area (Å²) in [6.45, 7) is 2.54. The van der Waals surface area contributed by atoms with Gasteiger partial charge >= 0.3 is 7.05 Å². The van der Waals surface area contributed by atoms with E-state index in [1.807, 2.05) is 30.8 Å². The van der Waals surface area contributed by atoms with Crippen molar-refractivity contribution >= 4 is 30.3 Å². The van der Waals surface area contributed by atoms with E-state index in [-0.39, 0.29) is 12.0 Å². The molecule has 0 heterocycles. The van der Waals surface area contributed by atoms with E-state index in [0.29, 0.717) is 10.0 Å². The van der Waals surface area contributed by atoms with Gasteiger partial charge in [-0.2, -0.15) is 0 Å². The largest absolute Gasteiger partial charge is 0.437 e. The maximum Gasteiger partial charge on any atom is 0.376 e. The molecule has 0 bridgehead atoms. The molecule has 1 N–H and O–H groups in total. The van der Waals surface area contributed by atoms with E-state index in [1.165, 1.54) is 16.7 Å². The molecular weight excluding hydrogens is 416 g/mol. The summed E-state index contributed by atoms with van der Waals surface area (Å²) >= 11 is 12.4. The lowest BCUT2D eigenvalue weighted by Crippen LogP contribution is -2.38. The first kappa shape index (κ1) is 23.2. The van der Waals surface area contributed by atoms with Crippen LogP contribution >= 0.6 is 23.2 Å². The highest BCUT2D eigenvalue weighted by atomic mass is 35.5. The van der Waals surface area contributed by atoms with Crippen molar-refractivity contribution in [3.63, 3.8) is 0 Å². The monoisotopic (exact) mass is 443 g/mol. The van der Waals surface area contributed by atoms with Crippen molar-refractivity contribution < 1.29 is 9.76 Å². The maximum absolute atomic E-state index is 10.2. The molecule has 0 fully saturated rings. The Morgan fingerprint density at radius 2 is 1.93 bits per heavy atom. The molecule has 0 aliphatic heterocycles. The van der Waals surface area contributed by atoms with Gasteiger partial charge in [-0.15, -0.1) is 0 Å². The normalized spacial score (nSPS) is 18.0. The van der Waals surface area contributed by atoms with Gasteiger partial charge in [0.25, 0.3) is 0 Å². The Hall–Kier alpha value is -1.48. The molecule has 3 nitrogen and oxygen atoms in total. The van der Waals surface area contributed by atoms with Crippen LogP contribution in [0.2, 0.25) is 16.9 Å². The number of hydrogen-bond acceptors (Lipinski definition) is 3. The van der Waals surface area contributed by atoms with Gasteiger partial charge in [-0.1, -0.05) is 47.2 Å². The first-order valence-corrected chi connectivity index (χ1v) is 11.1. The van der Waals surface area contributed by atoms with E-state index < -0.39 is 7.05 Å². The predicted octanol–water partition coefficient (Wildman–Crippen LogP) is 5.78. The van der Waals surface area contributed by atoms with Gasteiger partial charge in [0.1, 0.15) is 0 Å². The van der Waals surface area contributed by atoms with E-state index in [1.54, 1.807) is 7.11 Å². The molecule has 3 rings (SSSR count). The lowest BCUT2D eigenvalue weighted by Gasteiger charge is -2.38. The quantitative estimate of drug-likeness (QED) is 0.349. The van der Waals surface area contributed by atoms with E-state index in [2.05, 4.69) is 36.1 Å². The predicted molar refractivity (Wildman–Crippen MR) is 126 cm³/mol. The highest BCUT2D eigenvalue weighted by Gasteiger charge is 2.33. The molecule has 1 aliphatic carbocycles. The molecule has 30 heavy (non-hydrogen) atoms. The molecular formula is C24H28BCl2NO2. The number of nitrogens with zero attached hydrogens (tertiary/aromatic N) is 1. The van der Waals surface area contributed by atoms with Crippen LogP contribution in [-0.2, 0) is 4.74 Å². The number of benzene rings is 2. The first-order valence-electron chi connectivity index (χ1n) is 10.4. The smallest absolute Gasteiger partial charge is 0.376 e. The molecule has 2 aromatic rings. The third-order valence-corrected chi connectivity index (χ3v) is 6.60. The SMILES string of the molecule is COCCCC#Cc1ccc2c(c1)[C@@H](N(C)B(C)O)CC[C@H]2c1ccc(Cl)c(Cl)c1. The molecule has 1 aliphatic rings. The molecule has 158 valence electrons. The minimum absolute atomic E-state index is 0.147. The Bertz CT molecular complexity index is 939. The lowest BCUT2D eigenvalue weighted by atomic mass is 9.72. The van der Waals surface area contributed by atoms with E-state index in [4.69, 9.17) is 27.9 Å². The summed E-state index contributed by atoms with van der Waals surface area (Å²) in [5.41, 5.74) is 4.67. The zero-order valence-electron chi connectivity index (χ0n) is 17.8. The highest BCUT2D eigenvalue weighted by molar-refractivity contribution is 6.45. The summed E-state index contributed by atoms with van der Waals surface area (Å²) in [4.78, 5) is 2.03. The number of unbranched alkanes of at least 4 members (excludes halogenated alkanes) is 1. The second kappa shape index (κ2) is 10.7. The summed E-state index contributed by atoms with van der Waals surface area (Å²) in [5.74, 6) is 6.78. The second-order valence-electron chi connectivity index (χ2n) is 7.86. The summed E-state index contributed by atoms with van der Waals surface area (Å²) in [6.07, 6.45) is 3.67. The number of hydrogen-bond donors (Lipinski definition) is 1. The van der Waals surface area contributed by atoms with Gasteiger partial charge in [0.15, 0.2) is 0 Å². The van der Waals surface area contributed by atoms with Gasteiger partial charge in [-0.25, -0.2) is 0 Å². The minimum atomic E-state index is -0.520. The number of ether oxygens (including phenoxy) is 1. The van der Waals surface area contributed by atoms with Crippen molar-refractivity contribution in [3.05, 3.63) is 68.7 Å². The standard InChI is InChI=1S/C24H28BCl2NO2/c1-25(29)28(2)24-13-11-19(18-9-12-22(26)23(27)16-18)20-10-8-17(15-21(20)24)7-5-4-6-14-30-3/h8-10,12,15-16,19,24,29H,4,6,11,13-14H2,1-3H3/t19-,24-/m0/s1. The van der Waals surface area contributed by atoms with Crippen LogP contribution in [0.3, 0.4) is 0 Å². The maximum atomic E-state index is 10.2. The van der Waals surface area contributed by atoms with Crippen molar-refractivity contribution in [1.82, 2.24) is 4.81 Å². The van der Waals surface area contributed by atoms with Crippen molar-refractivity contribution in [3.8, 4) is 11.8 Å². The van der Waals surface area contributed by atoms with Crippen molar-refractivity contribution in [2.24, 2.45) is 0 Å². The molecule has 0 aromatic heterocycles. The average Bonchev–Trinajstić information content (AvgIpc) is 2.74. The second-order valence-corrected chi connectivity index (χ2v) is 8.67. The van der Waals surface area contributed by atoms with Gasteiger partial charge in [0, 0.05) is 37.7 Å². The minimum Gasteiger partial charge on any atom is -0.437 e. The molecule has 0 radical (unpaired) electrons. The van der Waals surface area contributed by atoms with Crippen molar-refractivity contribution in [2.45, 2.75) is 44.5 Å². The Morgan fingerprint density at radius 3 is 2.63 bits per heavy atom. The van der Waals surface area contributed by atoms with Gasteiger partial charge in [-0.3, -0.25) is 0 Å². The fourth-order valence-corrected chi connectivity index (χ4v) is 4.43. The van der Waals surface area contributed by atoms with Crippen LogP contribution < -0.4 is 0 Å². The van der Waals surface area contributed by atoms with Gasteiger partial charge in [-0.05, 0) is 74.1 Å². The third-order valence-electron chi connectivity index (χ3n) is 5.86. The molecule has 0 spiro atoms. The third kappa shape index (κ3) is 5.41. The zero-order chi connectivity index (χ0) is 21.7. The lowest BCUT2D eigenvalue weighted by molar-refractivity contribution is 0.196. The van der Waals surface area contributed by atoms with Crippen LogP contribution in [0.1, 0.15) is 59.9 Å². The van der Waals surface area contributed by atoms with E-state index >= 15 is 0 Å². The number of fused-ring (bicyclic) bond motifs is 1. The van der Waals surface area contributed by atoms with Crippen molar-refractivity contribution in [2.75, 3.05) is 20.8 Å². The number of halogens is 2. The Labute approximate surface area is 190 Å². The average molecular weight is 444 g/mol. The molecule has 0 saturated heterocycles. The number of rotatable bonds is 6. The molecule has 2 aromatic carbocycles. The fourth-order valence-electron chi connectivity index (χ4n) is 4.12. The zero-order valence-corrected chi connectivity index (χ0v) is 19.3. The molecule has 0 saturated carbocycles. The molecule has 0 amide bonds. The fraction of sp³-hybridized carbons (Fsp3) is 0.417. The van der Waals surface area contributed by atoms with E-state index in [0.717, 1.165) is 37.9 Å². The topological polar surface area (TPSA) is 32.7 Å². The van der Waals surface area contributed by atoms with Crippen LogP contribution in [0, 0.1) is 11.8 Å². The van der Waals surface area contributed by atoms with Crippen LogP contribution in [-0.4, -0.2) is 37.6 Å². The summed E-state index contributed by atoms with van der Waals surface area (Å²) in [6, 6.07) is 12.5. The number of methoxy groups -OCH3 is 1.